The fraction of sp³-hybridized carbons (Fsp3) is 0.158. The zero-order valence-electron chi connectivity index (χ0n) is 13.6. The van der Waals surface area contributed by atoms with Gasteiger partial charge in [-0.15, -0.1) is 0 Å². The minimum atomic E-state index is -0.557. The van der Waals surface area contributed by atoms with Crippen molar-refractivity contribution in [3.05, 3.63) is 71.4 Å². The highest BCUT2D eigenvalue weighted by molar-refractivity contribution is 5.92. The third-order valence-corrected chi connectivity index (χ3v) is 3.90. The van der Waals surface area contributed by atoms with E-state index in [0.29, 0.717) is 24.2 Å². The lowest BCUT2D eigenvalue weighted by molar-refractivity contribution is 0.0600. The van der Waals surface area contributed by atoms with Crippen LogP contribution in [-0.2, 0) is 11.2 Å². The molecule has 0 fully saturated rings. The third kappa shape index (κ3) is 3.57. The van der Waals surface area contributed by atoms with E-state index in [9.17, 15) is 13.6 Å². The smallest absolute Gasteiger partial charge is 0.337 e. The monoisotopic (exact) mass is 342 g/mol. The number of rotatable bonds is 5. The van der Waals surface area contributed by atoms with E-state index in [1.807, 2.05) is 12.1 Å². The molecule has 4 nitrogen and oxygen atoms in total. The van der Waals surface area contributed by atoms with Crippen LogP contribution in [0.2, 0.25) is 0 Å². The molecule has 0 aliphatic rings. The number of fused-ring (bicyclic) bond motifs is 1. The molecule has 0 bridgehead atoms. The molecule has 1 N–H and O–H groups in total. The third-order valence-electron chi connectivity index (χ3n) is 3.90. The Morgan fingerprint density at radius 2 is 1.80 bits per heavy atom. The topological polar surface area (TPSA) is 51.2 Å². The number of benzene rings is 2. The molecular formula is C19H16F2N2O2. The number of halogens is 2. The van der Waals surface area contributed by atoms with E-state index in [2.05, 4.69) is 15.0 Å². The van der Waals surface area contributed by atoms with Gasteiger partial charge in [0.1, 0.15) is 17.2 Å². The molecule has 0 aliphatic heterocycles. The molecule has 0 unspecified atom stereocenters. The van der Waals surface area contributed by atoms with E-state index >= 15 is 0 Å². The molecule has 0 amide bonds. The predicted octanol–water partition coefficient (Wildman–Crippen LogP) is 3.95. The average molecular weight is 342 g/mol. The summed E-state index contributed by atoms with van der Waals surface area (Å²) in [6, 6.07) is 10.8. The highest BCUT2D eigenvalue weighted by atomic mass is 19.1. The second-order valence-corrected chi connectivity index (χ2v) is 5.48. The number of pyridine rings is 1. The van der Waals surface area contributed by atoms with Gasteiger partial charge in [0.25, 0.3) is 0 Å². The van der Waals surface area contributed by atoms with Crippen molar-refractivity contribution in [1.82, 2.24) is 4.98 Å². The molecular weight excluding hydrogens is 326 g/mol. The van der Waals surface area contributed by atoms with Crippen LogP contribution in [0.5, 0.6) is 0 Å². The van der Waals surface area contributed by atoms with Crippen LogP contribution >= 0.6 is 0 Å². The lowest BCUT2D eigenvalue weighted by Gasteiger charge is -2.10. The van der Waals surface area contributed by atoms with Gasteiger partial charge in [-0.2, -0.15) is 0 Å². The highest BCUT2D eigenvalue weighted by Crippen LogP contribution is 2.26. The Hall–Kier alpha value is -3.02. The Morgan fingerprint density at radius 3 is 2.52 bits per heavy atom. The first-order chi connectivity index (χ1) is 12.1. The first-order valence-electron chi connectivity index (χ1n) is 7.74. The molecule has 0 saturated carbocycles. The second-order valence-electron chi connectivity index (χ2n) is 5.48. The number of hydrogen-bond donors (Lipinski definition) is 1. The summed E-state index contributed by atoms with van der Waals surface area (Å²) in [6.07, 6.45) is 2.10. The first kappa shape index (κ1) is 16.8. The zero-order chi connectivity index (χ0) is 17.8. The van der Waals surface area contributed by atoms with Gasteiger partial charge in [0, 0.05) is 18.4 Å². The number of hydrogen-bond acceptors (Lipinski definition) is 4. The Morgan fingerprint density at radius 1 is 1.08 bits per heavy atom. The van der Waals surface area contributed by atoms with Crippen LogP contribution in [0.4, 0.5) is 14.5 Å². The van der Waals surface area contributed by atoms with E-state index in [1.54, 1.807) is 18.2 Å². The van der Waals surface area contributed by atoms with Gasteiger partial charge in [-0.25, -0.2) is 13.6 Å². The van der Waals surface area contributed by atoms with Gasteiger partial charge in [-0.1, -0.05) is 12.1 Å². The summed E-state index contributed by atoms with van der Waals surface area (Å²) in [6.45, 7) is 0.520. The Labute approximate surface area is 143 Å². The van der Waals surface area contributed by atoms with Gasteiger partial charge in [-0.3, -0.25) is 4.98 Å². The van der Waals surface area contributed by atoms with Gasteiger partial charge in [0.15, 0.2) is 0 Å². The fourth-order valence-corrected chi connectivity index (χ4v) is 2.61. The van der Waals surface area contributed by atoms with Gasteiger partial charge >= 0.3 is 5.97 Å². The van der Waals surface area contributed by atoms with Crippen molar-refractivity contribution in [3.63, 3.8) is 0 Å². The van der Waals surface area contributed by atoms with E-state index < -0.39 is 11.6 Å². The maximum absolute atomic E-state index is 14.0. The molecule has 0 saturated heterocycles. The van der Waals surface area contributed by atoms with E-state index in [4.69, 9.17) is 0 Å². The number of carbonyl (C=O) groups is 1. The molecule has 3 aromatic rings. The molecule has 3 rings (SSSR count). The van der Waals surface area contributed by atoms with Crippen LogP contribution in [0.25, 0.3) is 10.9 Å². The summed E-state index contributed by atoms with van der Waals surface area (Å²) in [5.41, 5.74) is 1.99. The minimum Gasteiger partial charge on any atom is -0.465 e. The van der Waals surface area contributed by atoms with Gasteiger partial charge in [0.2, 0.25) is 0 Å². The Kier molecular flexibility index (Phi) is 4.88. The van der Waals surface area contributed by atoms with E-state index in [0.717, 1.165) is 17.7 Å². The van der Waals surface area contributed by atoms with E-state index in [-0.39, 0.29) is 16.9 Å². The highest BCUT2D eigenvalue weighted by Gasteiger charge is 2.11. The molecule has 0 spiro atoms. The normalized spacial score (nSPS) is 10.7. The average Bonchev–Trinajstić information content (AvgIpc) is 2.65. The number of carbonyl (C=O) groups excluding carboxylic acids is 1. The van der Waals surface area contributed by atoms with E-state index in [1.165, 1.54) is 13.3 Å². The molecule has 25 heavy (non-hydrogen) atoms. The molecule has 128 valence electrons. The Balaban J connectivity index is 1.71. The number of methoxy groups -OCH3 is 1. The zero-order valence-corrected chi connectivity index (χ0v) is 13.6. The van der Waals surface area contributed by atoms with Crippen molar-refractivity contribution < 1.29 is 18.3 Å². The standard InChI is InChI=1S/C19H16F2N2O2/c1-25-19(24)13-4-2-12(3-5-13)8-10-22-16-9-11-23-18-15(21)7-6-14(20)17(16)18/h2-7,9,11H,8,10H2,1H3,(H,22,23). The van der Waals surface area contributed by atoms with Crippen LogP contribution < -0.4 is 5.32 Å². The predicted molar refractivity (Wildman–Crippen MR) is 91.6 cm³/mol. The fourth-order valence-electron chi connectivity index (χ4n) is 2.61. The quantitative estimate of drug-likeness (QED) is 0.713. The maximum atomic E-state index is 14.0. The van der Waals surface area contributed by atoms with Gasteiger partial charge < -0.3 is 10.1 Å². The number of anilines is 1. The molecule has 1 heterocycles. The maximum Gasteiger partial charge on any atom is 0.337 e. The lowest BCUT2D eigenvalue weighted by atomic mass is 10.1. The second kappa shape index (κ2) is 7.25. The van der Waals surface area contributed by atoms with Crippen LogP contribution in [0.3, 0.4) is 0 Å². The molecule has 2 aromatic carbocycles. The number of nitrogens with zero attached hydrogens (tertiary/aromatic N) is 1. The number of nitrogens with one attached hydrogen (secondary N) is 1. The van der Waals surface area contributed by atoms with Crippen molar-refractivity contribution in [2.45, 2.75) is 6.42 Å². The molecule has 0 aliphatic carbocycles. The Bertz CT molecular complexity index is 911. The van der Waals surface area contributed by atoms with Crippen molar-refractivity contribution in [2.24, 2.45) is 0 Å². The molecule has 0 atom stereocenters. The molecule has 6 heteroatoms. The number of esters is 1. The lowest BCUT2D eigenvalue weighted by Crippen LogP contribution is -2.07. The summed E-state index contributed by atoms with van der Waals surface area (Å²) >= 11 is 0. The van der Waals surface area contributed by atoms with Crippen LogP contribution in [-0.4, -0.2) is 24.6 Å². The van der Waals surface area contributed by atoms with Gasteiger partial charge in [-0.05, 0) is 42.3 Å². The van der Waals surface area contributed by atoms with Crippen molar-refractivity contribution in [3.8, 4) is 0 Å². The molecule has 1 aromatic heterocycles. The summed E-state index contributed by atoms with van der Waals surface area (Å²) < 4.78 is 32.5. The first-order valence-corrected chi connectivity index (χ1v) is 7.74. The summed E-state index contributed by atoms with van der Waals surface area (Å²) in [5, 5.41) is 3.26. The molecule has 0 radical (unpaired) electrons. The van der Waals surface area contributed by atoms with Crippen molar-refractivity contribution in [1.29, 1.82) is 0 Å². The summed E-state index contributed by atoms with van der Waals surface area (Å²) in [7, 11) is 1.33. The van der Waals surface area contributed by atoms with Crippen LogP contribution in [0, 0.1) is 11.6 Å². The van der Waals surface area contributed by atoms with Crippen molar-refractivity contribution >= 4 is 22.6 Å². The SMILES string of the molecule is COC(=O)c1ccc(CCNc2ccnc3c(F)ccc(F)c23)cc1. The number of aromatic nitrogens is 1. The number of ether oxygens (including phenoxy) is 1. The summed E-state index contributed by atoms with van der Waals surface area (Å²) in [4.78, 5) is 15.3. The van der Waals surface area contributed by atoms with Crippen LogP contribution in [0.1, 0.15) is 15.9 Å². The van der Waals surface area contributed by atoms with Gasteiger partial charge in [0.05, 0.1) is 18.1 Å². The van der Waals surface area contributed by atoms with Crippen molar-refractivity contribution in [2.75, 3.05) is 19.0 Å². The minimum absolute atomic E-state index is 0.00688. The largest absolute Gasteiger partial charge is 0.465 e. The van der Waals surface area contributed by atoms with Crippen LogP contribution in [0.15, 0.2) is 48.7 Å². The summed E-state index contributed by atoms with van der Waals surface area (Å²) in [5.74, 6) is -1.46.